The highest BCUT2D eigenvalue weighted by Crippen LogP contribution is 2.30. The Hall–Kier alpha value is -2.56. The molecule has 0 radical (unpaired) electrons. The fourth-order valence-corrected chi connectivity index (χ4v) is 3.48. The van der Waals surface area contributed by atoms with Crippen molar-refractivity contribution in [2.75, 3.05) is 0 Å². The largest absolute Gasteiger partial charge is 0.296 e. The van der Waals surface area contributed by atoms with E-state index in [4.69, 9.17) is 0 Å². The van der Waals surface area contributed by atoms with Crippen LogP contribution in [0.3, 0.4) is 0 Å². The zero-order chi connectivity index (χ0) is 17.8. The number of aryl methyl sites for hydroxylation is 1. The van der Waals surface area contributed by atoms with Gasteiger partial charge in [0.25, 0.3) is 5.56 Å². The number of hydrogen-bond donors (Lipinski definition) is 0. The molecule has 2 aromatic carbocycles. The van der Waals surface area contributed by atoms with E-state index in [1.165, 1.54) is 12.1 Å². The van der Waals surface area contributed by atoms with E-state index in [0.29, 0.717) is 28.6 Å². The number of halogens is 2. The lowest BCUT2D eigenvalue weighted by molar-refractivity contribution is 0.240. The summed E-state index contributed by atoms with van der Waals surface area (Å²) in [5, 5.41) is 0.530. The van der Waals surface area contributed by atoms with Gasteiger partial charge >= 0.3 is 0 Å². The molecule has 0 saturated carbocycles. The third-order valence-electron chi connectivity index (χ3n) is 4.84. The maximum Gasteiger partial charge on any atom is 0.261 e. The minimum Gasteiger partial charge on any atom is -0.296 e. The zero-order valence-electron chi connectivity index (χ0n) is 14.1. The van der Waals surface area contributed by atoms with Gasteiger partial charge in [0.1, 0.15) is 17.5 Å². The van der Waals surface area contributed by atoms with E-state index in [1.54, 1.807) is 22.8 Å². The van der Waals surface area contributed by atoms with Crippen LogP contribution in [0.5, 0.6) is 0 Å². The van der Waals surface area contributed by atoms with Gasteiger partial charge in [0.05, 0.1) is 10.9 Å². The van der Waals surface area contributed by atoms with Crippen molar-refractivity contribution in [3.05, 3.63) is 64.2 Å². The van der Waals surface area contributed by atoms with Gasteiger partial charge in [-0.1, -0.05) is 19.9 Å². The topological polar surface area (TPSA) is 34.9 Å². The molecule has 1 aromatic heterocycles. The monoisotopic (exact) mass is 340 g/mol. The third-order valence-corrected chi connectivity index (χ3v) is 4.84. The summed E-state index contributed by atoms with van der Waals surface area (Å²) in [4.78, 5) is 17.5. The normalized spacial score (nSPS) is 16.0. The van der Waals surface area contributed by atoms with Gasteiger partial charge in [-0.15, -0.1) is 0 Å². The Balaban J connectivity index is 1.89. The molecule has 0 fully saturated rings. The van der Waals surface area contributed by atoms with E-state index in [9.17, 15) is 13.6 Å². The summed E-state index contributed by atoms with van der Waals surface area (Å²) in [5.41, 5.74) is 1.66. The Bertz CT molecular complexity index is 1030. The van der Waals surface area contributed by atoms with Crippen molar-refractivity contribution in [3.63, 3.8) is 0 Å². The number of fused-ring (bicyclic) bond motifs is 2. The number of hydrogen-bond acceptors (Lipinski definition) is 2. The van der Waals surface area contributed by atoms with Crippen molar-refractivity contribution < 1.29 is 8.78 Å². The molecule has 3 aromatic rings. The number of aromatic nitrogens is 2. The van der Waals surface area contributed by atoms with Crippen LogP contribution >= 0.6 is 0 Å². The second-order valence-corrected chi connectivity index (χ2v) is 7.47. The van der Waals surface area contributed by atoms with E-state index in [-0.39, 0.29) is 11.0 Å². The molecule has 1 aliphatic rings. The van der Waals surface area contributed by atoms with Gasteiger partial charge in [-0.25, -0.2) is 13.8 Å². The fourth-order valence-electron chi connectivity index (χ4n) is 3.48. The number of rotatable bonds is 1. The minimum atomic E-state index is -0.629. The van der Waals surface area contributed by atoms with E-state index >= 15 is 0 Å². The smallest absolute Gasteiger partial charge is 0.261 e. The molecule has 0 spiro atoms. The average molecular weight is 340 g/mol. The number of benzene rings is 2. The SMILES string of the molecule is CC1(C)CCc2nc3cc(-c4cc(F)cc(F)c4)ccc3c(=O)n2C1. The Morgan fingerprint density at radius 2 is 1.76 bits per heavy atom. The van der Waals surface area contributed by atoms with E-state index in [1.807, 2.05) is 0 Å². The first-order valence-electron chi connectivity index (χ1n) is 8.32. The van der Waals surface area contributed by atoms with Gasteiger partial charge in [0.15, 0.2) is 0 Å². The van der Waals surface area contributed by atoms with Crippen molar-refractivity contribution in [1.29, 1.82) is 0 Å². The maximum absolute atomic E-state index is 13.5. The van der Waals surface area contributed by atoms with Crippen LogP contribution in [-0.2, 0) is 13.0 Å². The average Bonchev–Trinajstić information content (AvgIpc) is 2.54. The van der Waals surface area contributed by atoms with E-state index in [2.05, 4.69) is 18.8 Å². The molecule has 0 amide bonds. The first kappa shape index (κ1) is 15.9. The van der Waals surface area contributed by atoms with Gasteiger partial charge in [-0.05, 0) is 47.2 Å². The summed E-state index contributed by atoms with van der Waals surface area (Å²) in [7, 11) is 0. The van der Waals surface area contributed by atoms with Crippen LogP contribution in [-0.4, -0.2) is 9.55 Å². The van der Waals surface area contributed by atoms with Crippen molar-refractivity contribution in [2.24, 2.45) is 5.41 Å². The predicted molar refractivity (Wildman–Crippen MR) is 93.5 cm³/mol. The molecule has 1 aliphatic heterocycles. The molecule has 4 rings (SSSR count). The van der Waals surface area contributed by atoms with Gasteiger partial charge in [-0.2, -0.15) is 0 Å². The molecule has 3 nitrogen and oxygen atoms in total. The van der Waals surface area contributed by atoms with Gasteiger partial charge in [0.2, 0.25) is 0 Å². The lowest BCUT2D eigenvalue weighted by Crippen LogP contribution is -2.36. The highest BCUT2D eigenvalue weighted by molar-refractivity contribution is 5.83. The predicted octanol–water partition coefficient (Wildman–Crippen LogP) is 4.31. The summed E-state index contributed by atoms with van der Waals surface area (Å²) < 4.78 is 28.7. The quantitative estimate of drug-likeness (QED) is 0.661. The molecule has 0 aliphatic carbocycles. The van der Waals surface area contributed by atoms with Gasteiger partial charge in [-0.3, -0.25) is 9.36 Å². The zero-order valence-corrected chi connectivity index (χ0v) is 14.1. The molecule has 5 heteroatoms. The molecular weight excluding hydrogens is 322 g/mol. The molecule has 0 atom stereocenters. The van der Waals surface area contributed by atoms with Crippen LogP contribution in [0.1, 0.15) is 26.1 Å². The molecule has 0 N–H and O–H groups in total. The molecule has 0 saturated heterocycles. The molecule has 25 heavy (non-hydrogen) atoms. The molecular formula is C20H18F2N2O. The van der Waals surface area contributed by atoms with Crippen LogP contribution in [0.15, 0.2) is 41.2 Å². The Morgan fingerprint density at radius 1 is 1.04 bits per heavy atom. The van der Waals surface area contributed by atoms with Gasteiger partial charge < -0.3 is 0 Å². The third kappa shape index (κ3) is 2.84. The second-order valence-electron chi connectivity index (χ2n) is 7.47. The van der Waals surface area contributed by atoms with Crippen molar-refractivity contribution in [1.82, 2.24) is 9.55 Å². The highest BCUT2D eigenvalue weighted by atomic mass is 19.1. The fraction of sp³-hybridized carbons (Fsp3) is 0.300. The van der Waals surface area contributed by atoms with Crippen LogP contribution < -0.4 is 5.56 Å². The van der Waals surface area contributed by atoms with Crippen molar-refractivity contribution in [3.8, 4) is 11.1 Å². The first-order chi connectivity index (χ1) is 11.8. The van der Waals surface area contributed by atoms with Crippen LogP contribution in [0.4, 0.5) is 8.78 Å². The molecule has 128 valence electrons. The lowest BCUT2D eigenvalue weighted by Gasteiger charge is -2.31. The van der Waals surface area contributed by atoms with Crippen LogP contribution in [0.25, 0.3) is 22.0 Å². The minimum absolute atomic E-state index is 0.0512. The summed E-state index contributed by atoms with van der Waals surface area (Å²) in [6, 6.07) is 8.52. The Labute approximate surface area is 143 Å². The van der Waals surface area contributed by atoms with Crippen LogP contribution in [0, 0.1) is 17.0 Å². The molecule has 2 heterocycles. The highest BCUT2D eigenvalue weighted by Gasteiger charge is 2.27. The standard InChI is InChI=1S/C20H18F2N2O/c1-20(2)6-5-18-23-17-9-12(13-7-14(21)10-15(22)8-13)3-4-16(17)19(25)24(18)11-20/h3-4,7-10H,5-6,11H2,1-2H3. The molecule has 0 bridgehead atoms. The Kier molecular flexibility index (Phi) is 3.49. The van der Waals surface area contributed by atoms with Gasteiger partial charge in [0, 0.05) is 19.0 Å². The molecule has 0 unspecified atom stereocenters. The summed E-state index contributed by atoms with van der Waals surface area (Å²) in [6.45, 7) is 4.95. The van der Waals surface area contributed by atoms with Crippen molar-refractivity contribution >= 4 is 10.9 Å². The van der Waals surface area contributed by atoms with E-state index < -0.39 is 11.6 Å². The van der Waals surface area contributed by atoms with Crippen LogP contribution in [0.2, 0.25) is 0 Å². The summed E-state index contributed by atoms with van der Waals surface area (Å²) >= 11 is 0. The summed E-state index contributed by atoms with van der Waals surface area (Å²) in [6.07, 6.45) is 1.72. The number of nitrogens with zero attached hydrogens (tertiary/aromatic N) is 2. The lowest BCUT2D eigenvalue weighted by atomic mass is 9.85. The Morgan fingerprint density at radius 3 is 2.48 bits per heavy atom. The first-order valence-corrected chi connectivity index (χ1v) is 8.32. The second kappa shape index (κ2) is 5.48. The summed E-state index contributed by atoms with van der Waals surface area (Å²) in [5.74, 6) is -0.481. The van der Waals surface area contributed by atoms with Crippen molar-refractivity contribution in [2.45, 2.75) is 33.2 Å². The maximum atomic E-state index is 13.5. The van der Waals surface area contributed by atoms with E-state index in [0.717, 1.165) is 24.7 Å².